The highest BCUT2D eigenvalue weighted by atomic mass is 79.9. The molecule has 1 heterocycles. The Balaban J connectivity index is 1.70. The van der Waals surface area contributed by atoms with E-state index in [-0.39, 0.29) is 6.61 Å². The van der Waals surface area contributed by atoms with E-state index in [1.807, 2.05) is 59.3 Å². The summed E-state index contributed by atoms with van der Waals surface area (Å²) >= 11 is 3.61. The number of carboxylic acid groups (broad SMARTS) is 1. The van der Waals surface area contributed by atoms with E-state index in [9.17, 15) is 9.90 Å². The zero-order valence-electron chi connectivity index (χ0n) is 17.5. The van der Waals surface area contributed by atoms with E-state index >= 15 is 0 Å². The number of rotatable bonds is 8. The fourth-order valence-electron chi connectivity index (χ4n) is 3.24. The molecule has 0 amide bonds. The van der Waals surface area contributed by atoms with Crippen LogP contribution in [0.25, 0.3) is 16.9 Å². The molecule has 162 valence electrons. The summed E-state index contributed by atoms with van der Waals surface area (Å²) in [6.45, 7) is 3.15. The second kappa shape index (κ2) is 8.85. The third-order valence-corrected chi connectivity index (χ3v) is 6.09. The Hall–Kier alpha value is -2.64. The van der Waals surface area contributed by atoms with Crippen LogP contribution in [-0.2, 0) is 16.1 Å². The average molecular weight is 485 g/mol. The topological polar surface area (TPSA) is 73.6 Å². The summed E-state index contributed by atoms with van der Waals surface area (Å²) in [5.74, 6) is -0.175. The van der Waals surface area contributed by atoms with Crippen molar-refractivity contribution < 1.29 is 19.4 Å². The number of carbonyl (C=O) groups is 1. The Morgan fingerprint density at radius 2 is 1.97 bits per heavy atom. The summed E-state index contributed by atoms with van der Waals surface area (Å²) in [7, 11) is 0. The van der Waals surface area contributed by atoms with Gasteiger partial charge in [0.25, 0.3) is 0 Å². The molecule has 1 aromatic heterocycles. The first-order chi connectivity index (χ1) is 14.8. The average Bonchev–Trinajstić information content (AvgIpc) is 3.14. The van der Waals surface area contributed by atoms with Crippen molar-refractivity contribution >= 4 is 21.9 Å². The van der Waals surface area contributed by atoms with Crippen LogP contribution in [0, 0.1) is 0 Å². The first kappa shape index (κ1) is 21.6. The van der Waals surface area contributed by atoms with Gasteiger partial charge in [-0.3, -0.25) is 0 Å². The summed E-state index contributed by atoms with van der Waals surface area (Å²) in [6, 6.07) is 17.7. The van der Waals surface area contributed by atoms with Gasteiger partial charge in [-0.05, 0) is 79.4 Å². The van der Waals surface area contributed by atoms with Gasteiger partial charge in [0.1, 0.15) is 5.75 Å². The van der Waals surface area contributed by atoms with Crippen LogP contribution in [0.5, 0.6) is 5.75 Å². The Kier molecular flexibility index (Phi) is 6.16. The lowest BCUT2D eigenvalue weighted by atomic mass is 9.96. The summed E-state index contributed by atoms with van der Waals surface area (Å²) < 4.78 is 14.5. The van der Waals surface area contributed by atoms with E-state index in [0.717, 1.165) is 40.0 Å². The van der Waals surface area contributed by atoms with Gasteiger partial charge in [-0.15, -0.1) is 0 Å². The van der Waals surface area contributed by atoms with Gasteiger partial charge in [-0.1, -0.05) is 24.3 Å². The Labute approximate surface area is 189 Å². The third kappa shape index (κ3) is 4.83. The predicted molar refractivity (Wildman–Crippen MR) is 121 cm³/mol. The van der Waals surface area contributed by atoms with E-state index in [2.05, 4.69) is 15.9 Å². The zero-order chi connectivity index (χ0) is 22.0. The molecule has 31 heavy (non-hydrogen) atoms. The number of carboxylic acids is 1. The number of ether oxygens (including phenoxy) is 2. The molecule has 0 unspecified atom stereocenters. The van der Waals surface area contributed by atoms with E-state index in [1.165, 1.54) is 20.3 Å². The summed E-state index contributed by atoms with van der Waals surface area (Å²) in [5, 5.41) is 14.1. The van der Waals surface area contributed by atoms with Crippen molar-refractivity contribution in [3.63, 3.8) is 0 Å². The first-order valence-electron chi connectivity index (χ1n) is 10.3. The molecule has 1 aliphatic rings. The monoisotopic (exact) mass is 484 g/mol. The Bertz CT molecular complexity index is 1090. The minimum Gasteiger partial charge on any atom is -0.490 e. The van der Waals surface area contributed by atoms with Crippen molar-refractivity contribution in [1.29, 1.82) is 0 Å². The first-order valence-corrected chi connectivity index (χ1v) is 11.1. The molecule has 0 spiro atoms. The maximum absolute atomic E-state index is 11.4. The van der Waals surface area contributed by atoms with Gasteiger partial charge in [0.05, 0.1) is 29.8 Å². The lowest BCUT2D eigenvalue weighted by Crippen LogP contribution is -2.34. The summed E-state index contributed by atoms with van der Waals surface area (Å²) in [6.07, 6.45) is 3.71. The third-order valence-electron chi connectivity index (χ3n) is 5.42. The molecule has 7 heteroatoms. The maximum atomic E-state index is 11.4. The van der Waals surface area contributed by atoms with Gasteiger partial charge in [-0.2, -0.15) is 5.10 Å². The number of para-hydroxylation sites is 1. The number of aliphatic carboxylic acids is 1. The standard InChI is InChI=1S/C24H25BrN2O4/c1-24(2,23(28)29)30-15-17-14-22(27(26-17)21-12-4-3-11-20(21)25)16-7-5-10-19(13-16)31-18-8-6-9-18/h3-5,7,10-14,18H,6,8-9,15H2,1-2H3,(H,28,29). The van der Waals surface area contributed by atoms with Crippen molar-refractivity contribution in [1.82, 2.24) is 9.78 Å². The lowest BCUT2D eigenvalue weighted by Gasteiger charge is -2.26. The van der Waals surface area contributed by atoms with E-state index in [4.69, 9.17) is 14.6 Å². The molecule has 1 N–H and O–H groups in total. The van der Waals surface area contributed by atoms with E-state index in [1.54, 1.807) is 0 Å². The van der Waals surface area contributed by atoms with Crippen molar-refractivity contribution in [3.8, 4) is 22.7 Å². The molecule has 0 bridgehead atoms. The number of nitrogens with zero attached hydrogens (tertiary/aromatic N) is 2. The molecular weight excluding hydrogens is 460 g/mol. The largest absolute Gasteiger partial charge is 0.490 e. The van der Waals surface area contributed by atoms with Crippen molar-refractivity contribution in [2.75, 3.05) is 0 Å². The number of benzene rings is 2. The number of hydrogen-bond acceptors (Lipinski definition) is 4. The van der Waals surface area contributed by atoms with Gasteiger partial charge in [0, 0.05) is 10.0 Å². The molecule has 0 aliphatic heterocycles. The van der Waals surface area contributed by atoms with Crippen LogP contribution in [0.2, 0.25) is 0 Å². The van der Waals surface area contributed by atoms with Gasteiger partial charge in [-0.25, -0.2) is 9.48 Å². The SMILES string of the molecule is CC(C)(OCc1cc(-c2cccc(OC3CCC3)c2)n(-c2ccccc2Br)n1)C(=O)O. The molecule has 0 saturated heterocycles. The molecule has 4 rings (SSSR count). The lowest BCUT2D eigenvalue weighted by molar-refractivity contribution is -0.162. The van der Waals surface area contributed by atoms with Gasteiger partial charge < -0.3 is 14.6 Å². The van der Waals surface area contributed by atoms with E-state index < -0.39 is 11.6 Å². The second-order valence-corrected chi connectivity index (χ2v) is 9.04. The fraction of sp³-hybridized carbons (Fsp3) is 0.333. The summed E-state index contributed by atoms with van der Waals surface area (Å²) in [4.78, 5) is 11.4. The maximum Gasteiger partial charge on any atom is 0.335 e. The Morgan fingerprint density at radius 1 is 1.19 bits per heavy atom. The molecule has 2 aromatic carbocycles. The number of hydrogen-bond donors (Lipinski definition) is 1. The van der Waals surface area contributed by atoms with Crippen molar-refractivity contribution in [2.45, 2.75) is 51.4 Å². The smallest absolute Gasteiger partial charge is 0.335 e. The van der Waals surface area contributed by atoms with Crippen LogP contribution in [0.15, 0.2) is 59.1 Å². The van der Waals surface area contributed by atoms with Crippen molar-refractivity contribution in [2.24, 2.45) is 0 Å². The quantitative estimate of drug-likeness (QED) is 0.449. The predicted octanol–water partition coefficient (Wildman–Crippen LogP) is 5.61. The van der Waals surface area contributed by atoms with Gasteiger partial charge in [0.2, 0.25) is 0 Å². The van der Waals surface area contributed by atoms with Crippen LogP contribution >= 0.6 is 15.9 Å². The van der Waals surface area contributed by atoms with Crippen LogP contribution in [0.3, 0.4) is 0 Å². The Morgan fingerprint density at radius 3 is 2.65 bits per heavy atom. The summed E-state index contributed by atoms with van der Waals surface area (Å²) in [5.41, 5.74) is 2.06. The van der Waals surface area contributed by atoms with Crippen LogP contribution in [0.1, 0.15) is 38.8 Å². The molecular formula is C24H25BrN2O4. The number of aromatic nitrogens is 2. The molecule has 1 saturated carbocycles. The zero-order valence-corrected chi connectivity index (χ0v) is 19.1. The van der Waals surface area contributed by atoms with Crippen LogP contribution < -0.4 is 4.74 Å². The minimum absolute atomic E-state index is 0.0853. The van der Waals surface area contributed by atoms with Gasteiger partial charge in [0.15, 0.2) is 5.60 Å². The fourth-order valence-corrected chi connectivity index (χ4v) is 3.69. The van der Waals surface area contributed by atoms with Crippen LogP contribution in [0.4, 0.5) is 0 Å². The second-order valence-electron chi connectivity index (χ2n) is 8.19. The molecule has 3 aromatic rings. The molecule has 1 aliphatic carbocycles. The van der Waals surface area contributed by atoms with E-state index in [0.29, 0.717) is 11.8 Å². The molecule has 0 radical (unpaired) electrons. The molecule has 0 atom stereocenters. The van der Waals surface area contributed by atoms with Crippen molar-refractivity contribution in [3.05, 3.63) is 64.8 Å². The highest BCUT2D eigenvalue weighted by molar-refractivity contribution is 9.10. The van der Waals surface area contributed by atoms with Gasteiger partial charge >= 0.3 is 5.97 Å². The normalized spacial score (nSPS) is 14.3. The molecule has 1 fully saturated rings. The molecule has 6 nitrogen and oxygen atoms in total. The highest BCUT2D eigenvalue weighted by Crippen LogP contribution is 2.32. The van der Waals surface area contributed by atoms with Crippen LogP contribution in [-0.4, -0.2) is 32.6 Å². The highest BCUT2D eigenvalue weighted by Gasteiger charge is 2.28. The number of halogens is 1. The minimum atomic E-state index is -1.30.